The van der Waals surface area contributed by atoms with Gasteiger partial charge in [-0.3, -0.25) is 4.90 Å². The first-order chi connectivity index (χ1) is 13.8. The summed E-state index contributed by atoms with van der Waals surface area (Å²) < 4.78 is 6.61. The lowest BCUT2D eigenvalue weighted by Gasteiger charge is -2.51. The van der Waals surface area contributed by atoms with Gasteiger partial charge in [0.15, 0.2) is 0 Å². The van der Waals surface area contributed by atoms with Crippen LogP contribution in [0.1, 0.15) is 31.9 Å². The lowest BCUT2D eigenvalue weighted by Crippen LogP contribution is -2.59. The summed E-state index contributed by atoms with van der Waals surface area (Å²) in [6, 6.07) is 20.6. The third kappa shape index (κ3) is 3.24. The van der Waals surface area contributed by atoms with Crippen LogP contribution >= 0.6 is 0 Å². The zero-order valence-corrected chi connectivity index (χ0v) is 19.7. The average molecular weight is 406 g/mol. The van der Waals surface area contributed by atoms with Crippen LogP contribution in [0.5, 0.6) is 0 Å². The van der Waals surface area contributed by atoms with Crippen molar-refractivity contribution in [3.63, 3.8) is 0 Å². The summed E-state index contributed by atoms with van der Waals surface area (Å²) in [5, 5.41) is 1.52. The van der Waals surface area contributed by atoms with Gasteiger partial charge in [0, 0.05) is 11.5 Å². The van der Waals surface area contributed by atoms with Crippen LogP contribution in [0.2, 0.25) is 18.6 Å². The maximum absolute atomic E-state index is 6.61. The van der Waals surface area contributed by atoms with Gasteiger partial charge in [0.2, 0.25) is 0 Å². The molecule has 0 saturated carbocycles. The van der Waals surface area contributed by atoms with Crippen molar-refractivity contribution in [2.75, 3.05) is 13.7 Å². The van der Waals surface area contributed by atoms with Gasteiger partial charge in [0.05, 0.1) is 14.7 Å². The van der Waals surface area contributed by atoms with Crippen molar-refractivity contribution < 1.29 is 4.74 Å². The van der Waals surface area contributed by atoms with Gasteiger partial charge >= 0.3 is 0 Å². The monoisotopic (exact) mass is 405 g/mol. The van der Waals surface area contributed by atoms with Crippen LogP contribution in [0.15, 0.2) is 60.7 Å². The molecule has 0 spiro atoms. The molecule has 2 aliphatic rings. The number of hydrogen-bond acceptors (Lipinski definition) is 2. The molecule has 2 aromatic rings. The maximum atomic E-state index is 6.61. The van der Waals surface area contributed by atoms with E-state index in [9.17, 15) is 0 Å². The number of benzene rings is 2. The highest BCUT2D eigenvalue weighted by atomic mass is 28.3. The molecule has 1 heterocycles. The van der Waals surface area contributed by atoms with Gasteiger partial charge in [0.25, 0.3) is 0 Å². The van der Waals surface area contributed by atoms with E-state index in [-0.39, 0.29) is 11.6 Å². The van der Waals surface area contributed by atoms with Gasteiger partial charge < -0.3 is 4.74 Å². The van der Waals surface area contributed by atoms with E-state index in [1.54, 1.807) is 0 Å². The van der Waals surface area contributed by atoms with Crippen molar-refractivity contribution >= 4 is 19.3 Å². The molecule has 29 heavy (non-hydrogen) atoms. The van der Waals surface area contributed by atoms with E-state index >= 15 is 0 Å². The molecule has 0 radical (unpaired) electrons. The predicted molar refractivity (Wildman–Crippen MR) is 126 cm³/mol. The van der Waals surface area contributed by atoms with Crippen molar-refractivity contribution in [2.45, 2.75) is 57.1 Å². The molecule has 4 atom stereocenters. The summed E-state index contributed by atoms with van der Waals surface area (Å²) in [5.74, 6) is 0.584. The van der Waals surface area contributed by atoms with E-state index in [0.29, 0.717) is 17.5 Å². The minimum atomic E-state index is -1.82. The summed E-state index contributed by atoms with van der Waals surface area (Å²) >= 11 is 0. The Bertz CT molecular complexity index is 891. The number of fused-ring (bicyclic) bond motifs is 1. The van der Waals surface area contributed by atoms with Crippen LogP contribution in [0.3, 0.4) is 0 Å². The molecule has 154 valence electrons. The van der Waals surface area contributed by atoms with Crippen LogP contribution in [-0.2, 0) is 10.2 Å². The fraction of sp³-hybridized carbons (Fsp3) is 0.462. The van der Waals surface area contributed by atoms with Crippen LogP contribution in [-0.4, -0.2) is 38.9 Å². The number of nitrogens with zero attached hydrogens (tertiary/aromatic N) is 1. The predicted octanol–water partition coefficient (Wildman–Crippen LogP) is 5.27. The maximum Gasteiger partial charge on any atom is 0.120 e. The van der Waals surface area contributed by atoms with Crippen LogP contribution in [0.4, 0.5) is 0 Å². The van der Waals surface area contributed by atoms with Crippen molar-refractivity contribution in [2.24, 2.45) is 5.92 Å². The fourth-order valence-electron chi connectivity index (χ4n) is 5.88. The van der Waals surface area contributed by atoms with Crippen LogP contribution < -0.4 is 5.19 Å². The molecule has 1 unspecified atom stereocenters. The highest BCUT2D eigenvalue weighted by molar-refractivity contribution is 6.91. The normalized spacial score (nSPS) is 30.0. The highest BCUT2D eigenvalue weighted by Crippen LogP contribution is 2.52. The Morgan fingerprint density at radius 1 is 1.03 bits per heavy atom. The SMILES string of the molecule is CC(C)[C@H]1COC([C@]2(C)c3ccccc3C=C[C@@H]2[Si](C)(C)c2ccccc2)N1C. The molecule has 1 aliphatic heterocycles. The summed E-state index contributed by atoms with van der Waals surface area (Å²) in [6.07, 6.45) is 4.94. The van der Waals surface area contributed by atoms with Crippen molar-refractivity contribution in [3.8, 4) is 0 Å². The molecule has 2 aromatic carbocycles. The van der Waals surface area contributed by atoms with Gasteiger partial charge in [-0.1, -0.05) is 106 Å². The fourth-order valence-corrected chi connectivity index (χ4v) is 9.67. The average Bonchev–Trinajstić information content (AvgIpc) is 3.11. The summed E-state index contributed by atoms with van der Waals surface area (Å²) in [7, 11) is 0.444. The summed E-state index contributed by atoms with van der Waals surface area (Å²) in [4.78, 5) is 2.52. The van der Waals surface area contributed by atoms with E-state index in [1.165, 1.54) is 16.3 Å². The van der Waals surface area contributed by atoms with Crippen LogP contribution in [0, 0.1) is 5.92 Å². The Hall–Kier alpha value is -1.68. The number of rotatable bonds is 4. The van der Waals surface area contributed by atoms with E-state index in [1.807, 2.05) is 0 Å². The molecular formula is C26H35NOSi. The number of allylic oxidation sites excluding steroid dienone is 1. The van der Waals surface area contributed by atoms with Crippen molar-refractivity contribution in [1.82, 2.24) is 4.90 Å². The smallest absolute Gasteiger partial charge is 0.120 e. The lowest BCUT2D eigenvalue weighted by molar-refractivity contribution is -0.0187. The topological polar surface area (TPSA) is 12.5 Å². The molecule has 0 N–H and O–H groups in total. The number of hydrogen-bond donors (Lipinski definition) is 0. The molecular weight excluding hydrogens is 370 g/mol. The second kappa shape index (κ2) is 7.53. The van der Waals surface area contributed by atoms with Crippen molar-refractivity contribution in [1.29, 1.82) is 0 Å². The molecule has 0 amide bonds. The Kier molecular flexibility index (Phi) is 5.35. The largest absolute Gasteiger partial charge is 0.361 e. The minimum absolute atomic E-state index is 0.0847. The first kappa shape index (κ1) is 20.6. The molecule has 1 aliphatic carbocycles. The van der Waals surface area contributed by atoms with E-state index in [4.69, 9.17) is 4.74 Å². The first-order valence-electron chi connectivity index (χ1n) is 10.9. The Labute approximate surface area is 177 Å². The third-order valence-electron chi connectivity index (χ3n) is 7.55. The van der Waals surface area contributed by atoms with Crippen molar-refractivity contribution in [3.05, 3.63) is 71.8 Å². The molecule has 2 nitrogen and oxygen atoms in total. The zero-order valence-electron chi connectivity index (χ0n) is 18.7. The van der Waals surface area contributed by atoms with Gasteiger partial charge in [-0.05, 0) is 29.6 Å². The van der Waals surface area contributed by atoms with Gasteiger partial charge in [-0.2, -0.15) is 0 Å². The summed E-state index contributed by atoms with van der Waals surface area (Å²) in [5.41, 5.74) is 3.14. The minimum Gasteiger partial charge on any atom is -0.361 e. The second-order valence-corrected chi connectivity index (χ2v) is 14.6. The van der Waals surface area contributed by atoms with E-state index in [2.05, 4.69) is 113 Å². The Morgan fingerprint density at radius 2 is 1.69 bits per heavy atom. The van der Waals surface area contributed by atoms with Crippen LogP contribution in [0.25, 0.3) is 6.08 Å². The molecule has 1 fully saturated rings. The van der Waals surface area contributed by atoms with E-state index < -0.39 is 8.07 Å². The Balaban J connectivity index is 1.85. The number of ether oxygens (including phenoxy) is 1. The van der Waals surface area contributed by atoms with Gasteiger partial charge in [-0.25, -0.2) is 0 Å². The first-order valence-corrected chi connectivity index (χ1v) is 14.0. The molecule has 4 rings (SSSR count). The highest BCUT2D eigenvalue weighted by Gasteiger charge is 2.55. The molecule has 3 heteroatoms. The third-order valence-corrected chi connectivity index (χ3v) is 11.7. The van der Waals surface area contributed by atoms with Gasteiger partial charge in [0.1, 0.15) is 6.23 Å². The van der Waals surface area contributed by atoms with Gasteiger partial charge in [-0.15, -0.1) is 0 Å². The lowest BCUT2D eigenvalue weighted by atomic mass is 9.71. The zero-order chi connectivity index (χ0) is 20.8. The molecule has 0 bridgehead atoms. The summed E-state index contributed by atoms with van der Waals surface area (Å²) in [6.45, 7) is 13.0. The standard InChI is InChI=1S/C26H35NOSi/c1-19(2)23-18-28-25(27(23)4)26(3)22-15-11-10-12-20(22)16-17-24(26)29(5,6)21-13-8-7-9-14-21/h7-17,19,23-25H,18H2,1-6H3/t23-,24+,25?,26-/m1/s1. The molecule has 1 saturated heterocycles. The number of likely N-dealkylation sites (N-methyl/N-ethyl adjacent to an activating group) is 1. The quantitative estimate of drug-likeness (QED) is 0.643. The molecule has 0 aromatic heterocycles. The Morgan fingerprint density at radius 3 is 2.34 bits per heavy atom. The second-order valence-electron chi connectivity index (χ2n) is 9.96. The van der Waals surface area contributed by atoms with E-state index in [0.717, 1.165) is 6.61 Å².